The van der Waals surface area contributed by atoms with Gasteiger partial charge in [-0.3, -0.25) is 0 Å². The molecule has 0 bridgehead atoms. The number of hydrogen-bond donors (Lipinski definition) is 0. The van der Waals surface area contributed by atoms with Crippen molar-refractivity contribution in [2.45, 2.75) is 16.1 Å². The van der Waals surface area contributed by atoms with Crippen LogP contribution in [0.25, 0.3) is 0 Å². The van der Waals surface area contributed by atoms with E-state index in [-0.39, 0.29) is 0 Å². The Morgan fingerprint density at radius 3 is 1.33 bits per heavy atom. The Balaban J connectivity index is 1.63. The summed E-state index contributed by atoms with van der Waals surface area (Å²) in [6, 6.07) is 26.4. The number of hydrogen-bond acceptors (Lipinski definition) is 3. The Hall–Kier alpha value is -1.38. The van der Waals surface area contributed by atoms with Crippen molar-refractivity contribution in [3.8, 4) is 17.2 Å². The predicted molar refractivity (Wildman–Crippen MR) is 126 cm³/mol. The zero-order valence-corrected chi connectivity index (χ0v) is 22.4. The molecule has 1 aliphatic rings. The number of ether oxygens (including phenoxy) is 3. The second-order valence-electron chi connectivity index (χ2n) is 6.86. The third-order valence-corrected chi connectivity index (χ3v) is 32.1. The van der Waals surface area contributed by atoms with Crippen molar-refractivity contribution in [3.05, 3.63) is 83.9 Å². The molecule has 1 aliphatic heterocycles. The first kappa shape index (κ1) is 21.8. The summed E-state index contributed by atoms with van der Waals surface area (Å²) < 4.78 is 17.7. The Morgan fingerprint density at radius 2 is 0.967 bits per heavy atom. The van der Waals surface area contributed by atoms with Crippen molar-refractivity contribution < 1.29 is 14.2 Å². The molecule has 6 heteroatoms. The molecule has 2 unspecified atom stereocenters. The van der Waals surface area contributed by atoms with E-state index in [0.717, 1.165) is 17.2 Å². The molecule has 3 aromatic carbocycles. The van der Waals surface area contributed by atoms with E-state index in [9.17, 15) is 0 Å². The van der Waals surface area contributed by atoms with Crippen LogP contribution in [0.15, 0.2) is 72.8 Å². The summed E-state index contributed by atoms with van der Waals surface area (Å²) in [7, 11) is 4.36. The van der Waals surface area contributed by atoms with Gasteiger partial charge >= 0.3 is 194 Å². The SMILES string of the molecule is COc1ccc(C2CC(c3ccc(OC)cc3)[Se][Se](c3ccc(OC)cc3)[Se]2)cc1. The van der Waals surface area contributed by atoms with Gasteiger partial charge in [-0.05, 0) is 0 Å². The molecule has 0 N–H and O–H groups in total. The first-order valence-corrected chi connectivity index (χ1v) is 21.2. The third-order valence-electron chi connectivity index (χ3n) is 5.06. The number of benzene rings is 3. The van der Waals surface area contributed by atoms with Crippen LogP contribution in [0.3, 0.4) is 0 Å². The fourth-order valence-electron chi connectivity index (χ4n) is 3.33. The van der Waals surface area contributed by atoms with Gasteiger partial charge in [-0.2, -0.15) is 0 Å². The van der Waals surface area contributed by atoms with Gasteiger partial charge in [-0.25, -0.2) is 0 Å². The molecule has 3 aromatic rings. The van der Waals surface area contributed by atoms with Crippen LogP contribution < -0.4 is 18.7 Å². The van der Waals surface area contributed by atoms with E-state index in [1.807, 2.05) is 0 Å². The van der Waals surface area contributed by atoms with Crippen LogP contribution in [-0.2, 0) is 0 Å². The van der Waals surface area contributed by atoms with Crippen molar-refractivity contribution in [1.29, 1.82) is 0 Å². The summed E-state index contributed by atoms with van der Waals surface area (Å²) in [4.78, 5) is 1.30. The van der Waals surface area contributed by atoms with E-state index in [4.69, 9.17) is 14.2 Å². The van der Waals surface area contributed by atoms with E-state index >= 15 is 0 Å². The summed E-state index contributed by atoms with van der Waals surface area (Å²) in [6.07, 6.45) is 1.24. The molecule has 0 aromatic heterocycles. The molecule has 0 saturated carbocycles. The Bertz CT molecular complexity index is 810. The van der Waals surface area contributed by atoms with Crippen LogP contribution in [0.5, 0.6) is 17.2 Å². The van der Waals surface area contributed by atoms with Gasteiger partial charge in [-0.15, -0.1) is 0 Å². The van der Waals surface area contributed by atoms with Crippen LogP contribution in [0, 0.1) is 0 Å². The van der Waals surface area contributed by atoms with E-state index in [0.29, 0.717) is 35.9 Å². The van der Waals surface area contributed by atoms with Gasteiger partial charge in [0.25, 0.3) is 0 Å². The molecule has 1 heterocycles. The second kappa shape index (κ2) is 10.3. The summed E-state index contributed by atoms with van der Waals surface area (Å²) >= 11 is 1.26. The van der Waals surface area contributed by atoms with Crippen molar-refractivity contribution in [3.63, 3.8) is 0 Å². The van der Waals surface area contributed by atoms with Gasteiger partial charge in [0.2, 0.25) is 0 Å². The summed E-state index contributed by atoms with van der Waals surface area (Å²) in [5.41, 5.74) is 2.93. The third kappa shape index (κ3) is 5.08. The normalized spacial score (nSPS) is 19.3. The van der Waals surface area contributed by atoms with Crippen molar-refractivity contribution in [1.82, 2.24) is 0 Å². The number of methoxy groups -OCH3 is 3. The van der Waals surface area contributed by atoms with Crippen molar-refractivity contribution >= 4 is 41.0 Å². The summed E-state index contributed by atoms with van der Waals surface area (Å²) in [6.45, 7) is 0. The maximum absolute atomic E-state index is 5.38. The van der Waals surface area contributed by atoms with Gasteiger partial charge in [0.15, 0.2) is 0 Å². The van der Waals surface area contributed by atoms with E-state index in [1.54, 1.807) is 25.8 Å². The zero-order chi connectivity index (χ0) is 20.9. The average Bonchev–Trinajstić information content (AvgIpc) is 2.84. The van der Waals surface area contributed by atoms with Crippen LogP contribution in [0.2, 0.25) is 0 Å². The first-order chi connectivity index (χ1) is 14.7. The molecule has 1 saturated heterocycles. The maximum atomic E-state index is 5.38. The molecular weight excluding hydrogens is 573 g/mol. The quantitative estimate of drug-likeness (QED) is 0.406. The predicted octanol–water partition coefficient (Wildman–Crippen LogP) is 3.70. The second-order valence-corrected chi connectivity index (χ2v) is 29.1. The molecule has 4 rings (SSSR count). The zero-order valence-electron chi connectivity index (χ0n) is 17.2. The van der Waals surface area contributed by atoms with E-state index in [1.165, 1.54) is 17.5 Å². The first-order valence-electron chi connectivity index (χ1n) is 9.70. The summed E-state index contributed by atoms with van der Waals surface area (Å²) in [5, 5.41) is 0. The van der Waals surface area contributed by atoms with Crippen molar-refractivity contribution in [2.24, 2.45) is 0 Å². The molecule has 0 amide bonds. The van der Waals surface area contributed by atoms with Crippen LogP contribution in [0.1, 0.15) is 27.2 Å². The van der Waals surface area contributed by atoms with Crippen molar-refractivity contribution in [2.75, 3.05) is 21.3 Å². The summed E-state index contributed by atoms with van der Waals surface area (Å²) in [5.74, 6) is 2.81. The molecule has 0 aliphatic carbocycles. The number of rotatable bonds is 6. The van der Waals surface area contributed by atoms with Gasteiger partial charge in [-0.1, -0.05) is 0 Å². The van der Waals surface area contributed by atoms with E-state index < -0.39 is 10.3 Å². The molecule has 157 valence electrons. The molecule has 2 atom stereocenters. The molecule has 0 spiro atoms. The van der Waals surface area contributed by atoms with E-state index in [2.05, 4.69) is 72.8 Å². The minimum absolute atomic E-state index is 0.631. The van der Waals surface area contributed by atoms with Crippen LogP contribution in [-0.4, -0.2) is 57.8 Å². The molecule has 1 radical (unpaired) electrons. The van der Waals surface area contributed by atoms with Crippen LogP contribution >= 0.6 is 0 Å². The van der Waals surface area contributed by atoms with Gasteiger partial charge in [0.1, 0.15) is 0 Å². The Labute approximate surface area is 192 Å². The fraction of sp³-hybridized carbons (Fsp3) is 0.250. The average molecular weight is 598 g/mol. The molecule has 3 nitrogen and oxygen atoms in total. The van der Waals surface area contributed by atoms with Crippen LogP contribution in [0.4, 0.5) is 0 Å². The molecular formula is C24H25O3Se3. The Kier molecular flexibility index (Phi) is 7.49. The Morgan fingerprint density at radius 1 is 0.600 bits per heavy atom. The molecule has 30 heavy (non-hydrogen) atoms. The monoisotopic (exact) mass is 601 g/mol. The standard InChI is InChI=1S/C24H25O3Se3/c1-25-19-8-4-17(5-9-19)23-16-24(18-6-10-20(26-2)11-7-18)29-30(28-23)22-14-12-21(27-3)13-15-22/h4-15,23-24H,16H2,1-3H3. The van der Waals surface area contributed by atoms with Gasteiger partial charge in [0, 0.05) is 0 Å². The van der Waals surface area contributed by atoms with Gasteiger partial charge in [0.05, 0.1) is 0 Å². The minimum atomic E-state index is -0.839. The fourth-order valence-corrected chi connectivity index (χ4v) is 35.8. The molecule has 1 fully saturated rings. The topological polar surface area (TPSA) is 27.7 Å². The van der Waals surface area contributed by atoms with Gasteiger partial charge < -0.3 is 0 Å².